The smallest absolute Gasteiger partial charge is 0.338 e. The summed E-state index contributed by atoms with van der Waals surface area (Å²) in [4.78, 5) is 35.3. The predicted molar refractivity (Wildman–Crippen MR) is 125 cm³/mol. The molecule has 0 radical (unpaired) electrons. The van der Waals surface area contributed by atoms with E-state index >= 15 is 0 Å². The number of esters is 1. The van der Waals surface area contributed by atoms with E-state index in [1.807, 2.05) is 0 Å². The van der Waals surface area contributed by atoms with E-state index in [1.54, 1.807) is 18.5 Å². The Labute approximate surface area is 206 Å². The van der Waals surface area contributed by atoms with Crippen molar-refractivity contribution in [3.05, 3.63) is 61.9 Å². The molecule has 3 heterocycles. The predicted octanol–water partition coefficient (Wildman–Crippen LogP) is 3.45. The zero-order valence-corrected chi connectivity index (χ0v) is 20.4. The van der Waals surface area contributed by atoms with Gasteiger partial charge < -0.3 is 15.2 Å². The summed E-state index contributed by atoms with van der Waals surface area (Å²) in [6.07, 6.45) is 0.161. The fraction of sp³-hybridized carbons (Fsp3) is 0.364. The van der Waals surface area contributed by atoms with E-state index < -0.39 is 36.0 Å². The third kappa shape index (κ3) is 5.03. The van der Waals surface area contributed by atoms with Crippen molar-refractivity contribution < 1.29 is 28.2 Å². The second kappa shape index (κ2) is 10.3. The number of likely N-dealkylation sites (tertiary alicyclic amines) is 1. The Morgan fingerprint density at radius 2 is 2.21 bits per heavy atom. The Morgan fingerprint density at radius 1 is 1.41 bits per heavy atom. The van der Waals surface area contributed by atoms with Crippen LogP contribution in [0.2, 0.25) is 0 Å². The van der Waals surface area contributed by atoms with Crippen LogP contribution in [-0.2, 0) is 14.3 Å². The summed E-state index contributed by atoms with van der Waals surface area (Å²) in [5.74, 6) is -1.90. The van der Waals surface area contributed by atoms with E-state index in [-0.39, 0.29) is 31.7 Å². The topological polar surface area (TPSA) is 104 Å². The Kier molecular flexibility index (Phi) is 7.39. The second-order valence-electron chi connectivity index (χ2n) is 7.74. The van der Waals surface area contributed by atoms with Gasteiger partial charge in [-0.15, -0.1) is 11.3 Å². The number of nitrogens with zero attached hydrogens (tertiary/aromatic N) is 3. The van der Waals surface area contributed by atoms with Gasteiger partial charge in [0.2, 0.25) is 0 Å². The van der Waals surface area contributed by atoms with Crippen molar-refractivity contribution in [3.63, 3.8) is 0 Å². The largest absolute Gasteiger partial charge is 0.480 e. The summed E-state index contributed by atoms with van der Waals surface area (Å²) < 4.78 is 33.6. The van der Waals surface area contributed by atoms with E-state index in [2.05, 4.69) is 26.2 Å². The van der Waals surface area contributed by atoms with Crippen molar-refractivity contribution in [3.8, 4) is 0 Å². The quantitative estimate of drug-likeness (QED) is 0.505. The monoisotopic (exact) mass is 554 g/mol. The number of hydrogen-bond acceptors (Lipinski definition) is 8. The first-order valence-corrected chi connectivity index (χ1v) is 12.2. The van der Waals surface area contributed by atoms with Gasteiger partial charge in [0.25, 0.3) is 0 Å². The number of carboxylic acid groups (broad SMARTS) is 1. The molecule has 3 atom stereocenters. The molecule has 0 bridgehead atoms. The van der Waals surface area contributed by atoms with Crippen molar-refractivity contribution in [1.29, 1.82) is 0 Å². The van der Waals surface area contributed by atoms with Crippen LogP contribution in [0, 0.1) is 5.82 Å². The fourth-order valence-electron chi connectivity index (χ4n) is 4.05. The summed E-state index contributed by atoms with van der Waals surface area (Å²) in [5, 5.41) is 15.0. The van der Waals surface area contributed by atoms with E-state index in [0.717, 1.165) is 0 Å². The van der Waals surface area contributed by atoms with Crippen LogP contribution >= 0.6 is 27.3 Å². The maximum atomic E-state index is 14.1. The van der Waals surface area contributed by atoms with Gasteiger partial charge >= 0.3 is 11.9 Å². The van der Waals surface area contributed by atoms with Gasteiger partial charge in [-0.25, -0.2) is 18.6 Å². The zero-order chi connectivity index (χ0) is 24.4. The normalized spacial score (nSPS) is 22.9. The van der Waals surface area contributed by atoms with Gasteiger partial charge in [-0.05, 0) is 24.6 Å². The average Bonchev–Trinajstić information content (AvgIpc) is 3.43. The summed E-state index contributed by atoms with van der Waals surface area (Å²) in [6, 6.07) is 2.12. The average molecular weight is 555 g/mol. The van der Waals surface area contributed by atoms with Crippen LogP contribution in [0.4, 0.5) is 8.78 Å². The third-order valence-electron chi connectivity index (χ3n) is 5.51. The molecule has 12 heteroatoms. The number of ether oxygens (including phenoxy) is 1. The number of carboxylic acids is 1. The lowest BCUT2D eigenvalue weighted by atomic mass is 9.95. The van der Waals surface area contributed by atoms with Gasteiger partial charge in [0.05, 0.1) is 12.2 Å². The number of nitrogens with one attached hydrogen (secondary N) is 1. The van der Waals surface area contributed by atoms with Gasteiger partial charge in [0, 0.05) is 41.3 Å². The maximum absolute atomic E-state index is 14.1. The highest BCUT2D eigenvalue weighted by Gasteiger charge is 2.40. The SMILES string of the molecule is CCOC(=O)C1=C(CN2C[C@H](F)C[C@H]2C(=O)O)NC(c2nccs2)=NC1c1ccc(F)cc1Br. The Bertz CT molecular complexity index is 1160. The summed E-state index contributed by atoms with van der Waals surface area (Å²) in [7, 11) is 0. The molecule has 1 saturated heterocycles. The van der Waals surface area contributed by atoms with Crippen LogP contribution in [0.1, 0.15) is 30.0 Å². The second-order valence-corrected chi connectivity index (χ2v) is 9.49. The minimum absolute atomic E-state index is 0.0504. The molecule has 1 fully saturated rings. The molecule has 1 aromatic carbocycles. The molecule has 1 aromatic heterocycles. The van der Waals surface area contributed by atoms with E-state index in [9.17, 15) is 23.5 Å². The van der Waals surface area contributed by atoms with Crippen LogP contribution in [0.25, 0.3) is 0 Å². The van der Waals surface area contributed by atoms with E-state index in [4.69, 9.17) is 9.73 Å². The molecule has 2 aliphatic heterocycles. The molecule has 0 spiro atoms. The van der Waals surface area contributed by atoms with Crippen LogP contribution in [-0.4, -0.2) is 64.7 Å². The Balaban J connectivity index is 1.84. The molecule has 2 aromatic rings. The molecule has 180 valence electrons. The van der Waals surface area contributed by atoms with Crippen LogP contribution in [0.5, 0.6) is 0 Å². The van der Waals surface area contributed by atoms with Crippen molar-refractivity contribution >= 4 is 45.0 Å². The number of benzene rings is 1. The Morgan fingerprint density at radius 3 is 2.85 bits per heavy atom. The van der Waals surface area contributed by atoms with E-state index in [1.165, 1.54) is 34.4 Å². The van der Waals surface area contributed by atoms with Gasteiger partial charge in [-0.2, -0.15) is 0 Å². The van der Waals surface area contributed by atoms with Gasteiger partial charge in [0.1, 0.15) is 24.1 Å². The van der Waals surface area contributed by atoms with Gasteiger partial charge in [0.15, 0.2) is 10.8 Å². The first-order chi connectivity index (χ1) is 16.3. The molecule has 1 unspecified atom stereocenters. The van der Waals surface area contributed by atoms with Crippen molar-refractivity contribution in [2.45, 2.75) is 31.6 Å². The van der Waals surface area contributed by atoms with Crippen LogP contribution < -0.4 is 5.32 Å². The lowest BCUT2D eigenvalue weighted by Crippen LogP contribution is -2.43. The number of halogens is 3. The lowest BCUT2D eigenvalue weighted by Gasteiger charge is -2.30. The highest BCUT2D eigenvalue weighted by Crippen LogP contribution is 2.37. The molecule has 8 nitrogen and oxygen atoms in total. The lowest BCUT2D eigenvalue weighted by molar-refractivity contribution is -0.142. The van der Waals surface area contributed by atoms with E-state index in [0.29, 0.717) is 26.6 Å². The number of aromatic nitrogens is 1. The third-order valence-corrected chi connectivity index (χ3v) is 6.98. The molecular formula is C22H21BrF2N4O4S. The minimum atomic E-state index is -1.30. The molecule has 34 heavy (non-hydrogen) atoms. The number of rotatable bonds is 7. The highest BCUT2D eigenvalue weighted by atomic mass is 79.9. The number of hydrogen-bond donors (Lipinski definition) is 2. The molecular weight excluding hydrogens is 534 g/mol. The number of alkyl halides is 1. The van der Waals surface area contributed by atoms with Crippen LogP contribution in [0.15, 0.2) is 50.5 Å². The van der Waals surface area contributed by atoms with Crippen LogP contribution in [0.3, 0.4) is 0 Å². The Hall–Kier alpha value is -2.70. The van der Waals surface area contributed by atoms with Crippen molar-refractivity contribution in [2.24, 2.45) is 4.99 Å². The van der Waals surface area contributed by atoms with Crippen molar-refractivity contribution in [2.75, 3.05) is 19.7 Å². The standard InChI is InChI=1S/C22H21BrF2N4O4S/c1-2-33-22(32)17-15(10-29-9-12(25)8-16(29)21(30)31)27-19(20-26-5-6-34-20)28-18(17)13-4-3-11(24)7-14(13)23/h3-7,12,16,18H,2,8-10H2,1H3,(H,27,28)(H,30,31)/t12-,16+,18?/m1/s1. The number of amidine groups is 1. The molecule has 0 saturated carbocycles. The molecule has 2 aliphatic rings. The summed E-state index contributed by atoms with van der Waals surface area (Å²) in [5.41, 5.74) is 0.984. The molecule has 4 rings (SSSR count). The molecule has 0 aliphatic carbocycles. The first kappa shape index (κ1) is 24.4. The molecule has 0 amide bonds. The number of aliphatic carboxylic acids is 1. The van der Waals surface area contributed by atoms with Gasteiger partial charge in [-0.1, -0.05) is 22.0 Å². The van der Waals surface area contributed by atoms with Gasteiger partial charge in [-0.3, -0.25) is 14.7 Å². The number of aliphatic imine (C=N–C) groups is 1. The minimum Gasteiger partial charge on any atom is -0.480 e. The first-order valence-electron chi connectivity index (χ1n) is 10.5. The number of carbonyl (C=O) groups excluding carboxylic acids is 1. The van der Waals surface area contributed by atoms with Crippen molar-refractivity contribution in [1.82, 2.24) is 15.2 Å². The number of thiazole rings is 1. The fourth-order valence-corrected chi connectivity index (χ4v) is 5.20. The molecule has 2 N–H and O–H groups in total. The summed E-state index contributed by atoms with van der Waals surface area (Å²) >= 11 is 4.68. The zero-order valence-electron chi connectivity index (χ0n) is 18.0. The summed E-state index contributed by atoms with van der Waals surface area (Å²) in [6.45, 7) is 1.62. The highest BCUT2D eigenvalue weighted by molar-refractivity contribution is 9.10. The number of carbonyl (C=O) groups is 2. The maximum Gasteiger partial charge on any atom is 0.338 e.